The molecule has 0 aliphatic carbocycles. The van der Waals surface area contributed by atoms with E-state index in [0.29, 0.717) is 16.5 Å². The summed E-state index contributed by atoms with van der Waals surface area (Å²) in [5.41, 5.74) is 6.36. The number of hydrogen-bond acceptors (Lipinski definition) is 7. The molecule has 4 rings (SSSR count). The van der Waals surface area contributed by atoms with Crippen LogP contribution in [0.5, 0.6) is 5.75 Å². The van der Waals surface area contributed by atoms with E-state index >= 15 is 0 Å². The number of ether oxygens (including phenoxy) is 2. The van der Waals surface area contributed by atoms with Crippen molar-refractivity contribution in [3.63, 3.8) is 0 Å². The van der Waals surface area contributed by atoms with E-state index < -0.39 is 22.4 Å². The Kier molecular flexibility index (Phi) is 4.71. The molecule has 152 valence electrons. The van der Waals surface area contributed by atoms with Gasteiger partial charge in [-0.25, -0.2) is 4.79 Å². The number of fused-ring (bicyclic) bond motifs is 3. The van der Waals surface area contributed by atoms with Crippen molar-refractivity contribution in [2.75, 3.05) is 6.61 Å². The van der Waals surface area contributed by atoms with Crippen molar-refractivity contribution in [3.05, 3.63) is 91.6 Å². The number of nitrogens with two attached hydrogens (primary N) is 1. The second-order valence-electron chi connectivity index (χ2n) is 6.63. The van der Waals surface area contributed by atoms with Crippen molar-refractivity contribution in [1.29, 1.82) is 0 Å². The first-order valence-corrected chi connectivity index (χ1v) is 9.16. The molecule has 0 spiro atoms. The lowest BCUT2D eigenvalue weighted by atomic mass is 9.82. The zero-order valence-corrected chi connectivity index (χ0v) is 15.9. The van der Waals surface area contributed by atoms with E-state index in [-0.39, 0.29) is 35.1 Å². The third-order valence-electron chi connectivity index (χ3n) is 4.87. The van der Waals surface area contributed by atoms with Crippen LogP contribution in [0.3, 0.4) is 0 Å². The summed E-state index contributed by atoms with van der Waals surface area (Å²) in [6.45, 7) is 1.72. The van der Waals surface area contributed by atoms with E-state index in [0.717, 1.165) is 0 Å². The monoisotopic (exact) mass is 407 g/mol. The minimum atomic E-state index is -0.999. The second-order valence-corrected chi connectivity index (χ2v) is 6.63. The number of nitro benzene ring substituents is 1. The smallest absolute Gasteiger partial charge is 0.340 e. The van der Waals surface area contributed by atoms with Crippen molar-refractivity contribution in [1.82, 2.24) is 4.98 Å². The summed E-state index contributed by atoms with van der Waals surface area (Å²) in [5, 5.41) is 11.9. The van der Waals surface area contributed by atoms with Crippen LogP contribution in [0, 0.1) is 10.1 Å². The summed E-state index contributed by atoms with van der Waals surface area (Å²) in [6.07, 6.45) is 0. The van der Waals surface area contributed by atoms with Crippen LogP contribution < -0.4 is 16.0 Å². The molecule has 0 amide bonds. The predicted molar refractivity (Wildman–Crippen MR) is 108 cm³/mol. The van der Waals surface area contributed by atoms with Crippen LogP contribution in [0.1, 0.15) is 24.0 Å². The van der Waals surface area contributed by atoms with Gasteiger partial charge in [0.1, 0.15) is 11.3 Å². The maximum atomic E-state index is 13.0. The molecular formula is C21H17N3O6. The van der Waals surface area contributed by atoms with Gasteiger partial charge < -0.3 is 20.2 Å². The number of esters is 1. The molecule has 0 bridgehead atoms. The Balaban J connectivity index is 2.05. The van der Waals surface area contributed by atoms with E-state index in [1.807, 2.05) is 0 Å². The average Bonchev–Trinajstić information content (AvgIpc) is 2.73. The SMILES string of the molecule is CCOC(=O)C1=C(N)Oc2c(c(=O)[nH]c3ccccc23)[C@@H]1c1cccc([N+](=O)[O-])c1. The van der Waals surface area contributed by atoms with Crippen LogP contribution in [-0.4, -0.2) is 22.5 Å². The maximum Gasteiger partial charge on any atom is 0.340 e. The number of aromatic nitrogens is 1. The Morgan fingerprint density at radius 1 is 1.27 bits per heavy atom. The van der Waals surface area contributed by atoms with Gasteiger partial charge in [-0.1, -0.05) is 24.3 Å². The number of aromatic amines is 1. The van der Waals surface area contributed by atoms with Gasteiger partial charge in [0.2, 0.25) is 5.88 Å². The van der Waals surface area contributed by atoms with E-state index in [4.69, 9.17) is 15.2 Å². The standard InChI is InChI=1S/C21H17N3O6/c1-2-29-21(26)17-15(11-6-5-7-12(10-11)24(27)28)16-18(30-19(17)22)13-8-3-4-9-14(13)23-20(16)25/h3-10,15H,2,22H2,1H3,(H,23,25)/t15-/m0/s1. The molecule has 0 fully saturated rings. The van der Waals surface area contributed by atoms with E-state index in [2.05, 4.69) is 4.98 Å². The van der Waals surface area contributed by atoms with E-state index in [1.165, 1.54) is 18.2 Å². The zero-order valence-electron chi connectivity index (χ0n) is 15.9. The fourth-order valence-electron chi connectivity index (χ4n) is 3.63. The highest BCUT2D eigenvalue weighted by Crippen LogP contribution is 2.44. The largest absolute Gasteiger partial charge is 0.462 e. The highest BCUT2D eigenvalue weighted by atomic mass is 16.6. The number of H-pyrrole nitrogens is 1. The predicted octanol–water partition coefficient (Wildman–Crippen LogP) is 2.69. The number of hydrogen-bond donors (Lipinski definition) is 2. The lowest BCUT2D eigenvalue weighted by Crippen LogP contribution is -2.32. The van der Waals surface area contributed by atoms with Crippen LogP contribution in [0.2, 0.25) is 0 Å². The molecule has 0 unspecified atom stereocenters. The Hall–Kier alpha value is -4.14. The van der Waals surface area contributed by atoms with Gasteiger partial charge in [0.15, 0.2) is 0 Å². The molecule has 2 heterocycles. The molecule has 1 aromatic heterocycles. The molecule has 1 aliphatic rings. The number of nitrogens with one attached hydrogen (secondary N) is 1. The van der Waals surface area contributed by atoms with Crippen LogP contribution in [0.4, 0.5) is 5.69 Å². The molecule has 3 N–H and O–H groups in total. The number of non-ortho nitro benzene ring substituents is 1. The van der Waals surface area contributed by atoms with Crippen molar-refractivity contribution >= 4 is 22.6 Å². The Bertz CT molecular complexity index is 1280. The zero-order chi connectivity index (χ0) is 21.4. The Morgan fingerprint density at radius 2 is 2.03 bits per heavy atom. The molecule has 0 saturated carbocycles. The topological polar surface area (TPSA) is 138 Å². The molecule has 0 saturated heterocycles. The number of pyridine rings is 1. The van der Waals surface area contributed by atoms with Crippen molar-refractivity contribution in [2.45, 2.75) is 12.8 Å². The summed E-state index contributed by atoms with van der Waals surface area (Å²) < 4.78 is 10.9. The van der Waals surface area contributed by atoms with Crippen LogP contribution >= 0.6 is 0 Å². The first-order chi connectivity index (χ1) is 14.4. The van der Waals surface area contributed by atoms with Crippen LogP contribution in [-0.2, 0) is 9.53 Å². The minimum Gasteiger partial charge on any atom is -0.462 e. The number of carbonyl (C=O) groups excluding carboxylic acids is 1. The first-order valence-electron chi connectivity index (χ1n) is 9.16. The molecule has 0 radical (unpaired) electrons. The number of benzene rings is 2. The number of carbonyl (C=O) groups is 1. The highest BCUT2D eigenvalue weighted by Gasteiger charge is 2.39. The van der Waals surface area contributed by atoms with Gasteiger partial charge in [0.05, 0.1) is 28.5 Å². The normalized spacial score (nSPS) is 15.4. The van der Waals surface area contributed by atoms with Gasteiger partial charge in [-0.15, -0.1) is 0 Å². The lowest BCUT2D eigenvalue weighted by molar-refractivity contribution is -0.384. The summed E-state index contributed by atoms with van der Waals surface area (Å²) >= 11 is 0. The van der Waals surface area contributed by atoms with Gasteiger partial charge in [-0.2, -0.15) is 0 Å². The molecule has 3 aromatic rings. The highest BCUT2D eigenvalue weighted by molar-refractivity contribution is 5.95. The third kappa shape index (κ3) is 3.06. The molecule has 30 heavy (non-hydrogen) atoms. The van der Waals surface area contributed by atoms with Crippen molar-refractivity contribution < 1.29 is 19.2 Å². The fraction of sp³-hybridized carbons (Fsp3) is 0.143. The first kappa shape index (κ1) is 19.2. The summed E-state index contributed by atoms with van der Waals surface area (Å²) in [4.78, 5) is 39.3. The summed E-state index contributed by atoms with van der Waals surface area (Å²) in [6, 6.07) is 12.7. The van der Waals surface area contributed by atoms with Gasteiger partial charge in [-0.3, -0.25) is 14.9 Å². The van der Waals surface area contributed by atoms with Gasteiger partial charge in [0.25, 0.3) is 11.2 Å². The van der Waals surface area contributed by atoms with Crippen LogP contribution in [0.15, 0.2) is 64.8 Å². The molecule has 9 nitrogen and oxygen atoms in total. The second kappa shape index (κ2) is 7.36. The lowest BCUT2D eigenvalue weighted by Gasteiger charge is -2.28. The maximum absolute atomic E-state index is 13.0. The van der Waals surface area contributed by atoms with Crippen molar-refractivity contribution in [2.24, 2.45) is 5.73 Å². The van der Waals surface area contributed by atoms with Crippen LogP contribution in [0.25, 0.3) is 10.9 Å². The summed E-state index contributed by atoms with van der Waals surface area (Å²) in [7, 11) is 0. The Labute approximate surface area is 169 Å². The van der Waals surface area contributed by atoms with Gasteiger partial charge in [0, 0.05) is 17.5 Å². The summed E-state index contributed by atoms with van der Waals surface area (Å²) in [5.74, 6) is -1.77. The van der Waals surface area contributed by atoms with Gasteiger partial charge >= 0.3 is 5.97 Å². The minimum absolute atomic E-state index is 0.0781. The number of nitro groups is 1. The molecule has 2 aromatic carbocycles. The third-order valence-corrected chi connectivity index (χ3v) is 4.87. The quantitative estimate of drug-likeness (QED) is 0.385. The molecule has 1 aliphatic heterocycles. The fourth-order valence-corrected chi connectivity index (χ4v) is 3.63. The molecule has 1 atom stereocenters. The van der Waals surface area contributed by atoms with Gasteiger partial charge in [-0.05, 0) is 24.6 Å². The molecule has 9 heteroatoms. The Morgan fingerprint density at radius 3 is 2.77 bits per heavy atom. The number of para-hydroxylation sites is 1. The van der Waals surface area contributed by atoms with E-state index in [9.17, 15) is 19.7 Å². The average molecular weight is 407 g/mol. The van der Waals surface area contributed by atoms with Crippen molar-refractivity contribution in [3.8, 4) is 5.75 Å². The number of nitrogens with zero attached hydrogens (tertiary/aromatic N) is 1. The van der Waals surface area contributed by atoms with E-state index in [1.54, 1.807) is 37.3 Å². The molecular weight excluding hydrogens is 390 g/mol. The number of rotatable bonds is 4.